The van der Waals surface area contributed by atoms with Crippen LogP contribution >= 0.6 is 23.2 Å². The number of alkyl carbamates (subject to hydrolysis) is 2. The number of carbonyl (C=O) groups is 2. The summed E-state index contributed by atoms with van der Waals surface area (Å²) in [5.41, 5.74) is -1.12. The van der Waals surface area contributed by atoms with E-state index in [9.17, 15) is 9.59 Å². The lowest BCUT2D eigenvalue weighted by Crippen LogP contribution is -2.36. The van der Waals surface area contributed by atoms with Crippen molar-refractivity contribution in [3.05, 3.63) is 10.6 Å². The molecule has 2 amide bonds. The quantitative estimate of drug-likeness (QED) is 0.514. The van der Waals surface area contributed by atoms with Crippen molar-refractivity contribution >= 4 is 41.3 Å². The van der Waals surface area contributed by atoms with Crippen molar-refractivity contribution in [2.45, 2.75) is 65.6 Å². The van der Waals surface area contributed by atoms with Crippen LogP contribution in [0.5, 0.6) is 0 Å². The van der Waals surface area contributed by atoms with E-state index in [0.29, 0.717) is 45.0 Å². The highest BCUT2D eigenvalue weighted by molar-refractivity contribution is 6.31. The van der Waals surface area contributed by atoms with E-state index in [1.165, 1.54) is 0 Å². The molecule has 0 saturated carbocycles. The number of ether oxygens (including phenoxy) is 2. The lowest BCUT2D eigenvalue weighted by atomic mass is 10.2. The van der Waals surface area contributed by atoms with E-state index in [0.717, 1.165) is 0 Å². The molecule has 1 heterocycles. The number of hydrogen-bond acceptors (Lipinski definition) is 8. The molecule has 0 unspecified atom stereocenters. The summed E-state index contributed by atoms with van der Waals surface area (Å²) in [5, 5.41) is 5.38. The predicted molar refractivity (Wildman–Crippen MR) is 120 cm³/mol. The summed E-state index contributed by atoms with van der Waals surface area (Å²) in [6.07, 6.45) is 0.234. The Morgan fingerprint density at radius 3 is 1.55 bits per heavy atom. The second kappa shape index (κ2) is 12.1. The Kier molecular flexibility index (Phi) is 10.5. The summed E-state index contributed by atoms with van der Waals surface area (Å²) >= 11 is 11.8. The van der Waals surface area contributed by atoms with Gasteiger partial charge >= 0.3 is 12.2 Å². The molecule has 1 aromatic rings. The maximum absolute atomic E-state index is 11.8. The van der Waals surface area contributed by atoms with Gasteiger partial charge in [-0.05, 0) is 77.6 Å². The van der Waals surface area contributed by atoms with Crippen LogP contribution < -0.4 is 15.5 Å². The highest BCUT2D eigenvalue weighted by atomic mass is 35.5. The van der Waals surface area contributed by atoms with Crippen molar-refractivity contribution in [1.82, 2.24) is 25.6 Å². The van der Waals surface area contributed by atoms with Crippen LogP contribution in [0.3, 0.4) is 0 Å². The summed E-state index contributed by atoms with van der Waals surface area (Å²) in [6, 6.07) is 0. The molecule has 0 aromatic carbocycles. The van der Waals surface area contributed by atoms with Gasteiger partial charge in [-0.3, -0.25) is 0 Å². The van der Waals surface area contributed by atoms with Gasteiger partial charge in [0.2, 0.25) is 16.5 Å². The van der Waals surface area contributed by atoms with Gasteiger partial charge < -0.3 is 25.0 Å². The third-order valence-corrected chi connectivity index (χ3v) is 3.74. The number of amides is 2. The van der Waals surface area contributed by atoms with Crippen molar-refractivity contribution in [3.8, 4) is 0 Å². The van der Waals surface area contributed by atoms with Crippen LogP contribution in [0.1, 0.15) is 54.4 Å². The first-order valence-corrected chi connectivity index (χ1v) is 10.8. The number of carbonyl (C=O) groups excluding carboxylic acids is 2. The minimum Gasteiger partial charge on any atom is -0.444 e. The van der Waals surface area contributed by atoms with Gasteiger partial charge in [0, 0.05) is 26.2 Å². The Balaban J connectivity index is 2.58. The average Bonchev–Trinajstić information content (AvgIpc) is 2.56. The van der Waals surface area contributed by atoms with Gasteiger partial charge in [0.05, 0.1) is 0 Å². The van der Waals surface area contributed by atoms with Crippen LogP contribution in [0, 0.1) is 0 Å². The second-order valence-electron chi connectivity index (χ2n) is 8.72. The van der Waals surface area contributed by atoms with E-state index >= 15 is 0 Å². The molecule has 1 rings (SSSR count). The summed E-state index contributed by atoms with van der Waals surface area (Å²) in [7, 11) is 0. The fourth-order valence-corrected chi connectivity index (χ4v) is 2.67. The van der Waals surface area contributed by atoms with Gasteiger partial charge in [0.25, 0.3) is 0 Å². The predicted octanol–water partition coefficient (Wildman–Crippen LogP) is 3.81. The summed E-state index contributed by atoms with van der Waals surface area (Å²) in [4.78, 5) is 37.4. The van der Waals surface area contributed by atoms with Crippen molar-refractivity contribution in [3.63, 3.8) is 0 Å². The van der Waals surface area contributed by atoms with Crippen LogP contribution in [0.4, 0.5) is 15.5 Å². The number of halogens is 2. The topological polar surface area (TPSA) is 119 Å². The minimum absolute atomic E-state index is 0.0150. The Bertz CT molecular complexity index is 681. The van der Waals surface area contributed by atoms with E-state index in [2.05, 4.69) is 25.6 Å². The molecular formula is C19H32Cl2N6O4. The monoisotopic (exact) mass is 478 g/mol. The minimum atomic E-state index is -0.560. The van der Waals surface area contributed by atoms with E-state index in [1.54, 1.807) is 41.5 Å². The van der Waals surface area contributed by atoms with Crippen molar-refractivity contribution in [2.24, 2.45) is 0 Å². The Hall–Kier alpha value is -2.07. The molecule has 0 fully saturated rings. The zero-order chi connectivity index (χ0) is 23.7. The molecule has 0 aliphatic rings. The lowest BCUT2D eigenvalue weighted by Gasteiger charge is -2.24. The molecule has 10 nitrogen and oxygen atoms in total. The molecule has 0 bridgehead atoms. The van der Waals surface area contributed by atoms with E-state index in [1.807, 2.05) is 4.90 Å². The average molecular weight is 479 g/mol. The SMILES string of the molecule is CC(C)(C)OC(=O)NCCCN(CCCNC(=O)OC(C)(C)C)c1nc(Cl)nc(Cl)n1. The van der Waals surface area contributed by atoms with Gasteiger partial charge in [-0.15, -0.1) is 0 Å². The molecule has 1 aromatic heterocycles. The van der Waals surface area contributed by atoms with Crippen LogP contribution in [0.25, 0.3) is 0 Å². The molecule has 0 aliphatic carbocycles. The molecule has 0 aliphatic heterocycles. The summed E-state index contributed by atoms with van der Waals surface area (Å²) in [6.45, 7) is 12.6. The van der Waals surface area contributed by atoms with Crippen molar-refractivity contribution in [2.75, 3.05) is 31.1 Å². The van der Waals surface area contributed by atoms with Crippen molar-refractivity contribution < 1.29 is 19.1 Å². The van der Waals surface area contributed by atoms with Crippen LogP contribution in [-0.2, 0) is 9.47 Å². The molecule has 0 radical (unpaired) electrons. The number of anilines is 1. The largest absolute Gasteiger partial charge is 0.444 e. The standard InChI is InChI=1S/C19H32Cl2N6O4/c1-18(2,3)30-16(28)22-9-7-11-27(15-25-13(20)24-14(21)26-15)12-8-10-23-17(29)31-19(4,5)6/h7-12H2,1-6H3,(H,22,28)(H,23,29). The van der Waals surface area contributed by atoms with Crippen LogP contribution in [0.2, 0.25) is 10.6 Å². The fourth-order valence-electron chi connectivity index (χ4n) is 2.32. The van der Waals surface area contributed by atoms with Gasteiger partial charge in [0.1, 0.15) is 11.2 Å². The first-order valence-electron chi connectivity index (χ1n) is 10.0. The summed E-state index contributed by atoms with van der Waals surface area (Å²) in [5.74, 6) is 0.319. The first-order chi connectivity index (χ1) is 14.2. The van der Waals surface area contributed by atoms with Gasteiger partial charge in [-0.25, -0.2) is 9.59 Å². The zero-order valence-electron chi connectivity index (χ0n) is 18.9. The second-order valence-corrected chi connectivity index (χ2v) is 9.40. The Morgan fingerprint density at radius 1 is 0.806 bits per heavy atom. The number of nitrogens with zero attached hydrogens (tertiary/aromatic N) is 4. The number of aromatic nitrogens is 3. The molecule has 0 saturated heterocycles. The third kappa shape index (κ3) is 13.1. The maximum atomic E-state index is 11.8. The van der Waals surface area contributed by atoms with Crippen LogP contribution in [-0.4, -0.2) is 64.5 Å². The molecule has 0 atom stereocenters. The molecule has 176 valence electrons. The zero-order valence-corrected chi connectivity index (χ0v) is 20.4. The van der Waals surface area contributed by atoms with Crippen molar-refractivity contribution in [1.29, 1.82) is 0 Å². The smallest absolute Gasteiger partial charge is 0.407 e. The normalized spacial score (nSPS) is 11.6. The fraction of sp³-hybridized carbons (Fsp3) is 0.737. The first kappa shape index (κ1) is 27.0. The maximum Gasteiger partial charge on any atom is 0.407 e. The molecule has 0 spiro atoms. The van der Waals surface area contributed by atoms with Gasteiger partial charge in [-0.1, -0.05) is 0 Å². The molecule has 12 heteroatoms. The number of rotatable bonds is 9. The molecule has 31 heavy (non-hydrogen) atoms. The number of nitrogens with one attached hydrogen (secondary N) is 2. The highest BCUT2D eigenvalue weighted by Gasteiger charge is 2.18. The number of hydrogen-bond donors (Lipinski definition) is 2. The lowest BCUT2D eigenvalue weighted by molar-refractivity contribution is 0.0516. The Labute approximate surface area is 193 Å². The molecule has 2 N–H and O–H groups in total. The third-order valence-electron chi connectivity index (χ3n) is 3.40. The van der Waals surface area contributed by atoms with E-state index in [-0.39, 0.29) is 10.6 Å². The summed E-state index contributed by atoms with van der Waals surface area (Å²) < 4.78 is 10.4. The van der Waals surface area contributed by atoms with Gasteiger partial charge in [0.15, 0.2) is 0 Å². The van der Waals surface area contributed by atoms with E-state index in [4.69, 9.17) is 32.7 Å². The van der Waals surface area contributed by atoms with Gasteiger partial charge in [-0.2, -0.15) is 15.0 Å². The molecular weight excluding hydrogens is 447 g/mol. The van der Waals surface area contributed by atoms with Crippen LogP contribution in [0.15, 0.2) is 0 Å². The Morgan fingerprint density at radius 2 is 1.19 bits per heavy atom. The highest BCUT2D eigenvalue weighted by Crippen LogP contribution is 2.15. The van der Waals surface area contributed by atoms with E-state index < -0.39 is 23.4 Å².